The van der Waals surface area contributed by atoms with Crippen molar-refractivity contribution in [2.75, 3.05) is 13.2 Å². The summed E-state index contributed by atoms with van der Waals surface area (Å²) < 4.78 is 5.29. The van der Waals surface area contributed by atoms with Crippen molar-refractivity contribution >= 4 is 0 Å². The molecule has 4 heteroatoms. The Balaban J connectivity index is 2.41. The second-order valence-electron chi connectivity index (χ2n) is 3.43. The fraction of sp³-hybridized carbons (Fsp3) is 0.545. The van der Waals surface area contributed by atoms with Crippen LogP contribution in [-0.2, 0) is 6.54 Å². The smallest absolute Gasteiger partial charge is 0.137 e. The van der Waals surface area contributed by atoms with E-state index in [1.165, 1.54) is 0 Å². The molecule has 15 heavy (non-hydrogen) atoms. The Kier molecular flexibility index (Phi) is 5.07. The monoisotopic (exact) mass is 210 g/mol. The minimum absolute atomic E-state index is 0.300. The highest BCUT2D eigenvalue weighted by atomic mass is 16.5. The van der Waals surface area contributed by atoms with E-state index < -0.39 is 6.10 Å². The number of aromatic nitrogens is 1. The van der Waals surface area contributed by atoms with Crippen LogP contribution in [0, 0.1) is 0 Å². The fourth-order valence-electron chi connectivity index (χ4n) is 1.07. The Labute approximate surface area is 90.3 Å². The zero-order chi connectivity index (χ0) is 11.1. The number of nitrogens with one attached hydrogen (secondary N) is 1. The van der Waals surface area contributed by atoms with Crippen molar-refractivity contribution in [2.24, 2.45) is 0 Å². The molecular weight excluding hydrogens is 192 g/mol. The Morgan fingerprint density at radius 1 is 1.53 bits per heavy atom. The molecule has 84 valence electrons. The maximum Gasteiger partial charge on any atom is 0.137 e. The molecule has 0 bridgehead atoms. The molecule has 2 N–H and O–H groups in total. The van der Waals surface area contributed by atoms with Crippen LogP contribution in [0.3, 0.4) is 0 Å². The van der Waals surface area contributed by atoms with Crippen molar-refractivity contribution < 1.29 is 9.84 Å². The molecule has 0 radical (unpaired) electrons. The average molecular weight is 210 g/mol. The highest BCUT2D eigenvalue weighted by molar-refractivity contribution is 5.19. The lowest BCUT2D eigenvalue weighted by atomic mass is 10.3. The second kappa shape index (κ2) is 6.37. The molecular formula is C11H18N2O2. The predicted molar refractivity (Wildman–Crippen MR) is 58.8 cm³/mol. The second-order valence-corrected chi connectivity index (χ2v) is 3.43. The Bertz CT molecular complexity index is 272. The lowest BCUT2D eigenvalue weighted by Gasteiger charge is -2.08. The summed E-state index contributed by atoms with van der Waals surface area (Å²) in [7, 11) is 0. The van der Waals surface area contributed by atoms with Crippen LogP contribution in [0.15, 0.2) is 18.3 Å². The summed E-state index contributed by atoms with van der Waals surface area (Å²) in [6.07, 6.45) is 1.22. The summed E-state index contributed by atoms with van der Waals surface area (Å²) >= 11 is 0. The summed E-state index contributed by atoms with van der Waals surface area (Å²) in [4.78, 5) is 4.23. The molecule has 0 saturated carbocycles. The van der Waals surface area contributed by atoms with E-state index >= 15 is 0 Å². The van der Waals surface area contributed by atoms with Gasteiger partial charge in [-0.1, -0.05) is 6.92 Å². The van der Waals surface area contributed by atoms with E-state index in [0.717, 1.165) is 18.8 Å². The van der Waals surface area contributed by atoms with E-state index in [9.17, 15) is 0 Å². The fourth-order valence-corrected chi connectivity index (χ4v) is 1.07. The number of rotatable bonds is 6. The van der Waals surface area contributed by atoms with Gasteiger partial charge < -0.3 is 15.2 Å². The maximum absolute atomic E-state index is 9.03. The van der Waals surface area contributed by atoms with E-state index in [4.69, 9.17) is 9.84 Å². The van der Waals surface area contributed by atoms with E-state index in [0.29, 0.717) is 12.4 Å². The Morgan fingerprint density at radius 2 is 2.33 bits per heavy atom. The van der Waals surface area contributed by atoms with Crippen LogP contribution in [0.5, 0.6) is 5.75 Å². The normalized spacial score (nSPS) is 12.5. The largest absolute Gasteiger partial charge is 0.489 e. The molecule has 1 rings (SSSR count). The van der Waals surface area contributed by atoms with Crippen LogP contribution >= 0.6 is 0 Å². The number of nitrogens with zero attached hydrogens (tertiary/aromatic N) is 1. The summed E-state index contributed by atoms with van der Waals surface area (Å²) in [5, 5.41) is 12.2. The van der Waals surface area contributed by atoms with Crippen LogP contribution in [0.2, 0.25) is 0 Å². The van der Waals surface area contributed by atoms with Gasteiger partial charge in [0.05, 0.1) is 18.0 Å². The topological polar surface area (TPSA) is 54.4 Å². The molecule has 1 atom stereocenters. The first-order chi connectivity index (χ1) is 7.22. The number of aliphatic hydroxyl groups excluding tert-OH is 1. The summed E-state index contributed by atoms with van der Waals surface area (Å²) in [5.41, 5.74) is 0.987. The van der Waals surface area contributed by atoms with Crippen LogP contribution in [0.1, 0.15) is 19.5 Å². The molecule has 0 amide bonds. The van der Waals surface area contributed by atoms with E-state index in [1.54, 1.807) is 13.1 Å². The Morgan fingerprint density at radius 3 is 2.87 bits per heavy atom. The third kappa shape index (κ3) is 4.76. The van der Waals surface area contributed by atoms with Gasteiger partial charge in [0.15, 0.2) is 0 Å². The van der Waals surface area contributed by atoms with Crippen molar-refractivity contribution in [1.82, 2.24) is 10.3 Å². The molecule has 0 fully saturated rings. The molecule has 4 nitrogen and oxygen atoms in total. The molecule has 0 aliphatic carbocycles. The minimum atomic E-state index is -0.452. The number of aliphatic hydroxyl groups is 1. The van der Waals surface area contributed by atoms with Gasteiger partial charge in [-0.3, -0.25) is 4.98 Å². The van der Waals surface area contributed by atoms with E-state index in [2.05, 4.69) is 17.2 Å². The number of ether oxygens (including phenoxy) is 1. The van der Waals surface area contributed by atoms with Crippen molar-refractivity contribution in [3.05, 3.63) is 24.0 Å². The van der Waals surface area contributed by atoms with E-state index in [-0.39, 0.29) is 0 Å². The molecule has 0 aliphatic rings. The molecule has 0 saturated heterocycles. The van der Waals surface area contributed by atoms with Crippen molar-refractivity contribution in [1.29, 1.82) is 0 Å². The summed E-state index contributed by atoms with van der Waals surface area (Å²) in [6, 6.07) is 3.78. The van der Waals surface area contributed by atoms with Crippen LogP contribution in [0.25, 0.3) is 0 Å². The van der Waals surface area contributed by atoms with Gasteiger partial charge in [0, 0.05) is 6.54 Å². The van der Waals surface area contributed by atoms with Gasteiger partial charge in [-0.2, -0.15) is 0 Å². The zero-order valence-electron chi connectivity index (χ0n) is 9.23. The van der Waals surface area contributed by atoms with E-state index in [1.807, 2.05) is 12.1 Å². The van der Waals surface area contributed by atoms with Crippen molar-refractivity contribution in [3.8, 4) is 5.75 Å². The third-order valence-electron chi connectivity index (χ3n) is 1.84. The third-order valence-corrected chi connectivity index (χ3v) is 1.84. The number of pyridine rings is 1. The van der Waals surface area contributed by atoms with Gasteiger partial charge in [-0.05, 0) is 25.6 Å². The first kappa shape index (κ1) is 11.9. The standard InChI is InChI=1S/C11H18N2O2/c1-3-12-6-10-4-5-11(7-13-10)15-8-9(2)14/h4-5,7,9,12,14H,3,6,8H2,1-2H3. The molecule has 0 aromatic carbocycles. The van der Waals surface area contributed by atoms with Gasteiger partial charge in [0.1, 0.15) is 12.4 Å². The Hall–Kier alpha value is -1.13. The molecule has 1 aromatic heterocycles. The maximum atomic E-state index is 9.03. The first-order valence-corrected chi connectivity index (χ1v) is 5.19. The number of hydrogen-bond donors (Lipinski definition) is 2. The molecule has 1 aromatic rings. The lowest BCUT2D eigenvalue weighted by Crippen LogP contribution is -2.14. The highest BCUT2D eigenvalue weighted by Crippen LogP contribution is 2.09. The highest BCUT2D eigenvalue weighted by Gasteiger charge is 1.99. The predicted octanol–water partition coefficient (Wildman–Crippen LogP) is 0.951. The summed E-state index contributed by atoms with van der Waals surface area (Å²) in [6.45, 7) is 5.75. The van der Waals surface area contributed by atoms with Crippen LogP contribution in [-0.4, -0.2) is 29.3 Å². The van der Waals surface area contributed by atoms with Crippen molar-refractivity contribution in [2.45, 2.75) is 26.5 Å². The lowest BCUT2D eigenvalue weighted by molar-refractivity contribution is 0.122. The zero-order valence-corrected chi connectivity index (χ0v) is 9.23. The number of hydrogen-bond acceptors (Lipinski definition) is 4. The van der Waals surface area contributed by atoms with Gasteiger partial charge in [0.25, 0.3) is 0 Å². The molecule has 1 heterocycles. The van der Waals surface area contributed by atoms with Gasteiger partial charge in [0.2, 0.25) is 0 Å². The molecule has 0 aliphatic heterocycles. The minimum Gasteiger partial charge on any atom is -0.489 e. The quantitative estimate of drug-likeness (QED) is 0.734. The van der Waals surface area contributed by atoms with Gasteiger partial charge in [-0.25, -0.2) is 0 Å². The average Bonchev–Trinajstić information content (AvgIpc) is 2.25. The molecule has 1 unspecified atom stereocenters. The van der Waals surface area contributed by atoms with Crippen molar-refractivity contribution in [3.63, 3.8) is 0 Å². The SMILES string of the molecule is CCNCc1ccc(OCC(C)O)cn1. The van der Waals surface area contributed by atoms with Gasteiger partial charge >= 0.3 is 0 Å². The summed E-state index contributed by atoms with van der Waals surface area (Å²) in [5.74, 6) is 0.691. The van der Waals surface area contributed by atoms with Crippen LogP contribution < -0.4 is 10.1 Å². The molecule has 0 spiro atoms. The van der Waals surface area contributed by atoms with Gasteiger partial charge in [-0.15, -0.1) is 0 Å². The first-order valence-electron chi connectivity index (χ1n) is 5.19. The van der Waals surface area contributed by atoms with Crippen LogP contribution in [0.4, 0.5) is 0 Å².